The summed E-state index contributed by atoms with van der Waals surface area (Å²) in [7, 11) is -4.40. The van der Waals surface area contributed by atoms with E-state index in [-0.39, 0.29) is 32.6 Å². The Kier molecular flexibility index (Phi) is 55.9. The van der Waals surface area contributed by atoms with Crippen LogP contribution in [0.4, 0.5) is 0 Å². The molecule has 0 saturated carbocycles. The quantitative estimate of drug-likeness (QED) is 0.0264. The Morgan fingerprint density at radius 3 is 1.03 bits per heavy atom. The van der Waals surface area contributed by atoms with Gasteiger partial charge in [-0.15, -0.1) is 0 Å². The first-order valence-electron chi connectivity index (χ1n) is 29.3. The maximum absolute atomic E-state index is 12.7. The van der Waals surface area contributed by atoms with Gasteiger partial charge in [0.25, 0.3) is 0 Å². The Hall–Kier alpha value is -4.11. The molecular weight excluding hydrogens is 954 g/mol. The smallest absolute Gasteiger partial charge is 0.462 e. The van der Waals surface area contributed by atoms with Gasteiger partial charge in [0.05, 0.1) is 13.2 Å². The maximum Gasteiger partial charge on any atom is 0.472 e. The van der Waals surface area contributed by atoms with Gasteiger partial charge < -0.3 is 20.1 Å². The minimum absolute atomic E-state index is 0.0424. The summed E-state index contributed by atoms with van der Waals surface area (Å²) in [6, 6.07) is 0. The van der Waals surface area contributed by atoms with E-state index in [2.05, 4.69) is 160 Å². The molecule has 0 bridgehead atoms. The lowest BCUT2D eigenvalue weighted by Crippen LogP contribution is -2.29. The van der Waals surface area contributed by atoms with Crippen LogP contribution in [0.3, 0.4) is 0 Å². The Labute approximate surface area is 458 Å². The predicted octanol–water partition coefficient (Wildman–Crippen LogP) is 18.7. The molecule has 0 fully saturated rings. The molecule has 0 aromatic heterocycles. The molecule has 0 amide bonds. The highest BCUT2D eigenvalue weighted by molar-refractivity contribution is 7.47. The fourth-order valence-electron chi connectivity index (χ4n) is 7.47. The average molecular weight is 1060 g/mol. The van der Waals surface area contributed by atoms with E-state index in [1.165, 1.54) is 51.4 Å². The van der Waals surface area contributed by atoms with E-state index < -0.39 is 32.5 Å². The van der Waals surface area contributed by atoms with Crippen LogP contribution in [0.1, 0.15) is 219 Å². The van der Waals surface area contributed by atoms with Crippen molar-refractivity contribution in [1.29, 1.82) is 0 Å². The standard InChI is InChI=1S/C65H106NO8P/c1-3-5-7-9-11-13-15-17-19-21-23-25-27-29-31-33-35-37-39-41-43-45-47-49-51-53-55-57-64(67)71-61-63(62-73-75(69,70)72-60-59-66)74-65(68)58-56-54-52-50-48-46-44-42-40-38-36-34-32-30-28-26-24-22-20-18-16-14-12-10-8-6-4-2/h5-8,11-14,17-20,23-26,29-32,35-38,63H,3-4,9-10,15-16,21-22,27-28,33-34,39-62,66H2,1-2H3,(H,69,70)/b7-5-,8-6-,13-11-,14-12-,19-17-,20-18-,25-23-,26-24-,31-29-,32-30-,37-35-,38-36-. The van der Waals surface area contributed by atoms with Gasteiger partial charge in [-0.05, 0) is 116 Å². The average Bonchev–Trinajstić information content (AvgIpc) is 3.40. The molecule has 2 atom stereocenters. The van der Waals surface area contributed by atoms with Gasteiger partial charge in [-0.25, -0.2) is 4.57 Å². The van der Waals surface area contributed by atoms with Crippen molar-refractivity contribution in [2.75, 3.05) is 26.4 Å². The monoisotopic (exact) mass is 1060 g/mol. The summed E-state index contributed by atoms with van der Waals surface area (Å²) in [4.78, 5) is 35.2. The van der Waals surface area contributed by atoms with Gasteiger partial charge in [0.2, 0.25) is 0 Å². The molecule has 0 radical (unpaired) electrons. The van der Waals surface area contributed by atoms with Crippen LogP contribution >= 0.6 is 7.82 Å². The number of nitrogens with two attached hydrogens (primary N) is 1. The summed E-state index contributed by atoms with van der Waals surface area (Å²) >= 11 is 0. The third kappa shape index (κ3) is 59.0. The van der Waals surface area contributed by atoms with Gasteiger partial charge in [-0.2, -0.15) is 0 Å². The molecule has 424 valence electrons. The molecule has 0 rings (SSSR count). The molecule has 10 heteroatoms. The largest absolute Gasteiger partial charge is 0.472 e. The summed E-state index contributed by atoms with van der Waals surface area (Å²) in [6.45, 7) is 3.48. The zero-order valence-electron chi connectivity index (χ0n) is 47.2. The number of esters is 2. The molecule has 0 spiro atoms. The summed E-state index contributed by atoms with van der Waals surface area (Å²) in [5.41, 5.74) is 5.38. The molecule has 0 saturated heterocycles. The minimum atomic E-state index is -4.40. The van der Waals surface area contributed by atoms with Crippen LogP contribution in [0.25, 0.3) is 0 Å². The number of rotatable bonds is 53. The topological polar surface area (TPSA) is 134 Å². The van der Waals surface area contributed by atoms with Crippen LogP contribution in [0, 0.1) is 0 Å². The minimum Gasteiger partial charge on any atom is -0.462 e. The molecule has 0 aliphatic heterocycles. The van der Waals surface area contributed by atoms with Crippen molar-refractivity contribution in [3.8, 4) is 0 Å². The predicted molar refractivity (Wildman–Crippen MR) is 320 cm³/mol. The second kappa shape index (κ2) is 59.1. The lowest BCUT2D eigenvalue weighted by atomic mass is 10.1. The number of carbonyl (C=O) groups is 2. The molecule has 0 aliphatic rings. The van der Waals surface area contributed by atoms with Crippen LogP contribution in [0.2, 0.25) is 0 Å². The van der Waals surface area contributed by atoms with E-state index in [9.17, 15) is 19.0 Å². The summed E-state index contributed by atoms with van der Waals surface area (Å²) < 4.78 is 33.0. The van der Waals surface area contributed by atoms with E-state index in [1.807, 2.05) is 0 Å². The van der Waals surface area contributed by atoms with Crippen molar-refractivity contribution in [2.45, 2.75) is 225 Å². The third-order valence-corrected chi connectivity index (χ3v) is 12.7. The zero-order valence-corrected chi connectivity index (χ0v) is 48.1. The summed E-state index contributed by atoms with van der Waals surface area (Å²) in [5.74, 6) is -0.857. The van der Waals surface area contributed by atoms with E-state index in [0.29, 0.717) is 12.8 Å². The highest BCUT2D eigenvalue weighted by Gasteiger charge is 2.26. The Morgan fingerprint density at radius 1 is 0.400 bits per heavy atom. The van der Waals surface area contributed by atoms with Crippen LogP contribution in [0.15, 0.2) is 146 Å². The number of allylic oxidation sites excluding steroid dienone is 24. The number of unbranched alkanes of at least 4 members (excludes halogenated alkanes) is 16. The number of hydrogen-bond donors (Lipinski definition) is 2. The molecule has 0 heterocycles. The summed E-state index contributed by atoms with van der Waals surface area (Å²) in [6.07, 6.45) is 84.6. The second-order valence-corrected chi connectivity index (χ2v) is 20.2. The number of hydrogen-bond acceptors (Lipinski definition) is 8. The molecule has 3 N–H and O–H groups in total. The van der Waals surface area contributed by atoms with Gasteiger partial charge in [0, 0.05) is 19.4 Å². The van der Waals surface area contributed by atoms with E-state index in [0.717, 1.165) is 128 Å². The van der Waals surface area contributed by atoms with Crippen molar-refractivity contribution in [3.05, 3.63) is 146 Å². The Bertz CT molecular complexity index is 1730. The fraction of sp³-hybridized carbons (Fsp3) is 0.600. The number of phosphoric ester groups is 1. The van der Waals surface area contributed by atoms with Gasteiger partial charge in [0.1, 0.15) is 6.61 Å². The van der Waals surface area contributed by atoms with Crippen LogP contribution in [-0.2, 0) is 32.7 Å². The normalized spacial score (nSPS) is 14.1. The van der Waals surface area contributed by atoms with Gasteiger partial charge in [0.15, 0.2) is 6.10 Å². The SMILES string of the molecule is CC/C=C\C/C=C\C/C=C\C/C=C\C/C=C\C/C=C\CCCCCCCCCCC(=O)OCC(COP(=O)(O)OCCN)OC(=O)CCCCCCCCCC/C=C\C/C=C\C/C=C\C/C=C\C/C=C\C/C=C\CC. The Balaban J connectivity index is 4.07. The van der Waals surface area contributed by atoms with Crippen LogP contribution in [-0.4, -0.2) is 49.3 Å². The first-order chi connectivity index (χ1) is 36.8. The van der Waals surface area contributed by atoms with E-state index >= 15 is 0 Å². The highest BCUT2D eigenvalue weighted by Crippen LogP contribution is 2.43. The molecule has 0 aromatic carbocycles. The third-order valence-electron chi connectivity index (χ3n) is 11.7. The zero-order chi connectivity index (χ0) is 54.5. The maximum atomic E-state index is 12.7. The fourth-order valence-corrected chi connectivity index (χ4v) is 8.23. The van der Waals surface area contributed by atoms with E-state index in [1.54, 1.807) is 0 Å². The molecule has 9 nitrogen and oxygen atoms in total. The first-order valence-corrected chi connectivity index (χ1v) is 30.8. The molecular formula is C65H106NO8P. The first kappa shape index (κ1) is 70.9. The lowest BCUT2D eigenvalue weighted by Gasteiger charge is -2.19. The van der Waals surface area contributed by atoms with Gasteiger partial charge in [-0.1, -0.05) is 237 Å². The summed E-state index contributed by atoms with van der Waals surface area (Å²) in [5, 5.41) is 0. The molecule has 0 aliphatic carbocycles. The van der Waals surface area contributed by atoms with Gasteiger partial charge in [-0.3, -0.25) is 18.6 Å². The van der Waals surface area contributed by atoms with Crippen molar-refractivity contribution in [1.82, 2.24) is 0 Å². The number of ether oxygens (including phenoxy) is 2. The second-order valence-electron chi connectivity index (χ2n) is 18.7. The van der Waals surface area contributed by atoms with Crippen LogP contribution < -0.4 is 5.73 Å². The lowest BCUT2D eigenvalue weighted by molar-refractivity contribution is -0.161. The van der Waals surface area contributed by atoms with Crippen molar-refractivity contribution < 1.29 is 37.6 Å². The molecule has 0 aromatic rings. The van der Waals surface area contributed by atoms with Gasteiger partial charge >= 0.3 is 19.8 Å². The highest BCUT2D eigenvalue weighted by atomic mass is 31.2. The van der Waals surface area contributed by atoms with Crippen molar-refractivity contribution in [2.24, 2.45) is 5.73 Å². The van der Waals surface area contributed by atoms with E-state index in [4.69, 9.17) is 24.3 Å². The molecule has 75 heavy (non-hydrogen) atoms. The Morgan fingerprint density at radius 2 is 0.693 bits per heavy atom. The number of carbonyl (C=O) groups excluding carboxylic acids is 2. The molecule has 2 unspecified atom stereocenters. The number of phosphoric acid groups is 1. The van der Waals surface area contributed by atoms with Crippen LogP contribution in [0.5, 0.6) is 0 Å². The van der Waals surface area contributed by atoms with Crippen molar-refractivity contribution >= 4 is 19.8 Å². The van der Waals surface area contributed by atoms with Crippen molar-refractivity contribution in [3.63, 3.8) is 0 Å².